The first-order chi connectivity index (χ1) is 13.1. The van der Waals surface area contributed by atoms with Crippen molar-refractivity contribution in [2.45, 2.75) is 43.9 Å². The Balaban J connectivity index is 1.42. The van der Waals surface area contributed by atoms with Crippen LogP contribution in [0.2, 0.25) is 0 Å². The summed E-state index contributed by atoms with van der Waals surface area (Å²) >= 11 is 0. The molecule has 140 valence electrons. The van der Waals surface area contributed by atoms with Gasteiger partial charge in [-0.2, -0.15) is 0 Å². The highest BCUT2D eigenvalue weighted by atomic mass is 16.5. The minimum Gasteiger partial charge on any atom is -0.497 e. The molecule has 0 aromatic heterocycles. The number of ether oxygens (including phenoxy) is 1. The number of carbonyl (C=O) groups is 2. The molecule has 2 aliphatic rings. The van der Waals surface area contributed by atoms with Crippen molar-refractivity contribution >= 4 is 23.2 Å². The predicted molar refractivity (Wildman–Crippen MR) is 105 cm³/mol. The number of rotatable bonds is 5. The summed E-state index contributed by atoms with van der Waals surface area (Å²) in [5.41, 5.74) is 3.39. The number of hydrogen-bond donors (Lipinski definition) is 2. The molecule has 0 saturated heterocycles. The largest absolute Gasteiger partial charge is 0.497 e. The molecule has 2 aromatic rings. The van der Waals surface area contributed by atoms with Gasteiger partial charge in [0.25, 0.3) is 0 Å². The van der Waals surface area contributed by atoms with Gasteiger partial charge in [0.05, 0.1) is 12.5 Å². The van der Waals surface area contributed by atoms with E-state index in [4.69, 9.17) is 4.74 Å². The molecule has 2 N–H and O–H groups in total. The van der Waals surface area contributed by atoms with Crippen LogP contribution >= 0.6 is 0 Å². The van der Waals surface area contributed by atoms with Gasteiger partial charge >= 0.3 is 0 Å². The molecule has 0 bridgehead atoms. The van der Waals surface area contributed by atoms with Gasteiger partial charge in [0.1, 0.15) is 5.75 Å². The highest BCUT2D eigenvalue weighted by Gasteiger charge is 2.48. The van der Waals surface area contributed by atoms with Gasteiger partial charge in [0.2, 0.25) is 11.8 Å². The van der Waals surface area contributed by atoms with Gasteiger partial charge in [-0.05, 0) is 60.7 Å². The molecule has 2 aromatic carbocycles. The molecular weight excluding hydrogens is 340 g/mol. The zero-order chi connectivity index (χ0) is 18.9. The molecule has 1 fully saturated rings. The SMILES string of the molecule is COc1ccc(CCC(=O)Nc2ccc3c(c2)C2(CCCC2)C(=O)N3)cc1. The summed E-state index contributed by atoms with van der Waals surface area (Å²) in [6.45, 7) is 0. The second-order valence-electron chi connectivity index (χ2n) is 7.40. The Labute approximate surface area is 159 Å². The highest BCUT2D eigenvalue weighted by molar-refractivity contribution is 6.07. The molecule has 0 unspecified atom stereocenters. The van der Waals surface area contributed by atoms with E-state index in [1.807, 2.05) is 42.5 Å². The van der Waals surface area contributed by atoms with E-state index in [2.05, 4.69) is 10.6 Å². The van der Waals surface area contributed by atoms with E-state index in [1.54, 1.807) is 7.11 Å². The fourth-order valence-electron chi connectivity index (χ4n) is 4.24. The van der Waals surface area contributed by atoms with Crippen molar-refractivity contribution in [3.05, 3.63) is 53.6 Å². The van der Waals surface area contributed by atoms with E-state index in [0.29, 0.717) is 12.8 Å². The number of nitrogens with one attached hydrogen (secondary N) is 2. The van der Waals surface area contributed by atoms with E-state index in [1.165, 1.54) is 0 Å². The summed E-state index contributed by atoms with van der Waals surface area (Å²) in [5.74, 6) is 0.895. The lowest BCUT2D eigenvalue weighted by molar-refractivity contribution is -0.120. The summed E-state index contributed by atoms with van der Waals surface area (Å²) in [6, 6.07) is 13.5. The molecule has 1 saturated carbocycles. The van der Waals surface area contributed by atoms with Crippen LogP contribution in [0.15, 0.2) is 42.5 Å². The number of hydrogen-bond acceptors (Lipinski definition) is 3. The van der Waals surface area contributed by atoms with Crippen LogP contribution in [0, 0.1) is 0 Å². The van der Waals surface area contributed by atoms with Gasteiger partial charge in [-0.15, -0.1) is 0 Å². The van der Waals surface area contributed by atoms with E-state index < -0.39 is 0 Å². The number of methoxy groups -OCH3 is 1. The number of anilines is 2. The monoisotopic (exact) mass is 364 g/mol. The molecule has 1 aliphatic carbocycles. The first-order valence-electron chi connectivity index (χ1n) is 9.49. The molecule has 5 nitrogen and oxygen atoms in total. The summed E-state index contributed by atoms with van der Waals surface area (Å²) in [4.78, 5) is 24.9. The van der Waals surface area contributed by atoms with E-state index in [9.17, 15) is 9.59 Å². The number of benzene rings is 2. The fourth-order valence-corrected chi connectivity index (χ4v) is 4.24. The molecule has 2 amide bonds. The second kappa shape index (κ2) is 7.06. The van der Waals surface area contributed by atoms with Crippen molar-refractivity contribution in [1.29, 1.82) is 0 Å². The maximum absolute atomic E-state index is 12.5. The van der Waals surface area contributed by atoms with Crippen LogP contribution < -0.4 is 15.4 Å². The van der Waals surface area contributed by atoms with E-state index in [-0.39, 0.29) is 17.2 Å². The van der Waals surface area contributed by atoms with Crippen LogP contribution in [0.1, 0.15) is 43.2 Å². The number of amides is 2. The van der Waals surface area contributed by atoms with Crippen molar-refractivity contribution in [2.24, 2.45) is 0 Å². The Morgan fingerprint density at radius 3 is 2.59 bits per heavy atom. The van der Waals surface area contributed by atoms with Gasteiger partial charge in [0.15, 0.2) is 0 Å². The van der Waals surface area contributed by atoms with Gasteiger partial charge in [-0.1, -0.05) is 25.0 Å². The maximum atomic E-state index is 12.5. The second-order valence-corrected chi connectivity index (χ2v) is 7.40. The van der Waals surface area contributed by atoms with Gasteiger partial charge in [-0.3, -0.25) is 9.59 Å². The van der Waals surface area contributed by atoms with Crippen LogP contribution in [0.3, 0.4) is 0 Å². The fraction of sp³-hybridized carbons (Fsp3) is 0.364. The highest BCUT2D eigenvalue weighted by Crippen LogP contribution is 2.49. The Bertz CT molecular complexity index is 868. The molecular formula is C22H24N2O3. The Morgan fingerprint density at radius 1 is 1.15 bits per heavy atom. The minimum atomic E-state index is -0.390. The molecule has 1 aliphatic heterocycles. The minimum absolute atomic E-state index is 0.0245. The molecule has 4 rings (SSSR count). The molecule has 27 heavy (non-hydrogen) atoms. The topological polar surface area (TPSA) is 67.4 Å². The Hall–Kier alpha value is -2.82. The molecule has 1 spiro atoms. The van der Waals surface area contributed by atoms with Gasteiger partial charge in [0, 0.05) is 17.8 Å². The van der Waals surface area contributed by atoms with Gasteiger partial charge in [-0.25, -0.2) is 0 Å². The third kappa shape index (κ3) is 3.29. The van der Waals surface area contributed by atoms with E-state index in [0.717, 1.165) is 53.9 Å². The Kier molecular flexibility index (Phi) is 4.60. The lowest BCUT2D eigenvalue weighted by Gasteiger charge is -2.21. The third-order valence-electron chi connectivity index (χ3n) is 5.76. The molecule has 5 heteroatoms. The van der Waals surface area contributed by atoms with Crippen LogP contribution in [0.4, 0.5) is 11.4 Å². The zero-order valence-electron chi connectivity index (χ0n) is 15.5. The molecule has 1 heterocycles. The van der Waals surface area contributed by atoms with Crippen LogP contribution in [0.5, 0.6) is 5.75 Å². The average Bonchev–Trinajstić information content (AvgIpc) is 3.28. The number of fused-ring (bicyclic) bond motifs is 2. The third-order valence-corrected chi connectivity index (χ3v) is 5.76. The quantitative estimate of drug-likeness (QED) is 0.842. The summed E-state index contributed by atoms with van der Waals surface area (Å²) in [6.07, 6.45) is 5.01. The van der Waals surface area contributed by atoms with E-state index >= 15 is 0 Å². The van der Waals surface area contributed by atoms with Crippen LogP contribution in [0.25, 0.3) is 0 Å². The van der Waals surface area contributed by atoms with Gasteiger partial charge < -0.3 is 15.4 Å². The smallest absolute Gasteiger partial charge is 0.235 e. The lowest BCUT2D eigenvalue weighted by Crippen LogP contribution is -2.31. The number of carbonyl (C=O) groups excluding carboxylic acids is 2. The van der Waals surface area contributed by atoms with Crippen LogP contribution in [-0.2, 0) is 21.4 Å². The average molecular weight is 364 g/mol. The van der Waals surface area contributed by atoms with Crippen LogP contribution in [-0.4, -0.2) is 18.9 Å². The number of aryl methyl sites for hydroxylation is 1. The van der Waals surface area contributed by atoms with Crippen molar-refractivity contribution in [1.82, 2.24) is 0 Å². The first kappa shape index (κ1) is 17.6. The standard InChI is InChI=1S/C22H24N2O3/c1-27-17-8-4-15(5-9-17)6-11-20(25)23-16-7-10-19-18(14-16)22(21(26)24-19)12-2-3-13-22/h4-5,7-10,14H,2-3,6,11-13H2,1H3,(H,23,25)(H,24,26). The Morgan fingerprint density at radius 2 is 1.89 bits per heavy atom. The van der Waals surface area contributed by atoms with Crippen molar-refractivity contribution in [2.75, 3.05) is 17.7 Å². The molecule has 0 radical (unpaired) electrons. The predicted octanol–water partition coefficient (Wildman–Crippen LogP) is 4.03. The first-order valence-corrected chi connectivity index (χ1v) is 9.49. The van der Waals surface area contributed by atoms with Crippen molar-refractivity contribution in [3.8, 4) is 5.75 Å². The summed E-state index contributed by atoms with van der Waals surface area (Å²) in [7, 11) is 1.64. The normalized spacial score (nSPS) is 16.9. The molecule has 0 atom stereocenters. The van der Waals surface area contributed by atoms with Crippen molar-refractivity contribution in [3.63, 3.8) is 0 Å². The zero-order valence-corrected chi connectivity index (χ0v) is 15.5. The summed E-state index contributed by atoms with van der Waals surface area (Å²) in [5, 5.41) is 5.99. The maximum Gasteiger partial charge on any atom is 0.235 e. The summed E-state index contributed by atoms with van der Waals surface area (Å²) < 4.78 is 5.15. The van der Waals surface area contributed by atoms with Crippen molar-refractivity contribution < 1.29 is 14.3 Å². The lowest BCUT2D eigenvalue weighted by atomic mass is 9.80.